The molecule has 1 aliphatic rings. The smallest absolute Gasteiger partial charge is 0.126 e. The first-order valence-corrected chi connectivity index (χ1v) is 5.85. The van der Waals surface area contributed by atoms with Gasteiger partial charge in [0.15, 0.2) is 0 Å². The molecule has 0 heterocycles. The summed E-state index contributed by atoms with van der Waals surface area (Å²) in [5.41, 5.74) is 2.76. The van der Waals surface area contributed by atoms with Crippen molar-refractivity contribution in [3.05, 3.63) is 34.6 Å². The average Bonchev–Trinajstić information content (AvgIpc) is 2.88. The molecule has 0 radical (unpaired) electrons. The Kier molecular flexibility index (Phi) is 2.76. The molecule has 15 heavy (non-hydrogen) atoms. The highest BCUT2D eigenvalue weighted by Crippen LogP contribution is 2.50. The Hall–Kier alpha value is -0.560. The minimum atomic E-state index is -0.135. The third-order valence-electron chi connectivity index (χ3n) is 3.39. The molecule has 1 saturated carbocycles. The number of hydrogen-bond donors (Lipinski definition) is 0. The maximum absolute atomic E-state index is 13.3. The Morgan fingerprint density at radius 3 is 2.47 bits per heavy atom. The molecule has 0 spiro atoms. The van der Waals surface area contributed by atoms with Crippen molar-refractivity contribution in [1.82, 2.24) is 0 Å². The van der Waals surface area contributed by atoms with Crippen molar-refractivity contribution < 1.29 is 4.39 Å². The lowest BCUT2D eigenvalue weighted by molar-refractivity contribution is 0.614. The van der Waals surface area contributed by atoms with Crippen molar-refractivity contribution >= 4 is 11.6 Å². The Bertz CT molecular complexity index is 386. The summed E-state index contributed by atoms with van der Waals surface area (Å²) in [5.74, 6) is 1.16. The van der Waals surface area contributed by atoms with Gasteiger partial charge in [-0.2, -0.15) is 0 Å². The van der Waals surface area contributed by atoms with Crippen LogP contribution in [0.3, 0.4) is 0 Å². The maximum atomic E-state index is 13.3. The molecule has 0 amide bonds. The number of halogens is 2. The maximum Gasteiger partial charge on any atom is 0.126 e. The van der Waals surface area contributed by atoms with E-state index in [1.165, 1.54) is 6.42 Å². The van der Waals surface area contributed by atoms with Crippen LogP contribution in [-0.2, 0) is 0 Å². The molecule has 3 unspecified atom stereocenters. The molecule has 0 saturated heterocycles. The van der Waals surface area contributed by atoms with Gasteiger partial charge < -0.3 is 0 Å². The van der Waals surface area contributed by atoms with E-state index in [1.807, 2.05) is 13.0 Å². The fourth-order valence-electron chi connectivity index (χ4n) is 2.09. The zero-order valence-corrected chi connectivity index (χ0v) is 10.1. The number of benzene rings is 1. The van der Waals surface area contributed by atoms with Crippen LogP contribution < -0.4 is 0 Å². The highest BCUT2D eigenvalue weighted by atomic mass is 35.5. The van der Waals surface area contributed by atoms with E-state index in [2.05, 4.69) is 6.92 Å². The predicted octanol–water partition coefficient (Wildman–Crippen LogP) is 4.38. The largest absolute Gasteiger partial charge is 0.207 e. The van der Waals surface area contributed by atoms with Gasteiger partial charge in [-0.15, -0.1) is 11.6 Å². The Morgan fingerprint density at radius 2 is 1.93 bits per heavy atom. The van der Waals surface area contributed by atoms with Gasteiger partial charge in [-0.25, -0.2) is 4.39 Å². The summed E-state index contributed by atoms with van der Waals surface area (Å²) in [6.45, 7) is 5.93. The number of rotatable bonds is 2. The lowest BCUT2D eigenvalue weighted by Crippen LogP contribution is -1.99. The number of aryl methyl sites for hydroxylation is 2. The molecule has 2 rings (SSSR count). The number of hydrogen-bond acceptors (Lipinski definition) is 0. The fraction of sp³-hybridized carbons (Fsp3) is 0.538. The molecule has 0 aromatic heterocycles. The molecule has 1 aromatic carbocycles. The van der Waals surface area contributed by atoms with Crippen LogP contribution >= 0.6 is 11.6 Å². The molecule has 0 aliphatic heterocycles. The van der Waals surface area contributed by atoms with E-state index in [9.17, 15) is 4.39 Å². The Balaban J connectivity index is 2.31. The van der Waals surface area contributed by atoms with Gasteiger partial charge in [0.25, 0.3) is 0 Å². The van der Waals surface area contributed by atoms with Crippen molar-refractivity contribution in [2.45, 2.75) is 32.6 Å². The van der Waals surface area contributed by atoms with Crippen LogP contribution in [0, 0.1) is 31.5 Å². The summed E-state index contributed by atoms with van der Waals surface area (Å²) in [5, 5.41) is 0.0549. The third-order valence-corrected chi connectivity index (χ3v) is 3.95. The topological polar surface area (TPSA) is 0 Å². The molecule has 0 nitrogen and oxygen atoms in total. The monoisotopic (exact) mass is 226 g/mol. The van der Waals surface area contributed by atoms with E-state index in [1.54, 1.807) is 13.0 Å². The minimum Gasteiger partial charge on any atom is -0.207 e. The normalized spacial score (nSPS) is 26.5. The van der Waals surface area contributed by atoms with E-state index >= 15 is 0 Å². The molecule has 2 heteroatoms. The van der Waals surface area contributed by atoms with Gasteiger partial charge in [0.1, 0.15) is 5.82 Å². The lowest BCUT2D eigenvalue weighted by atomic mass is 9.99. The van der Waals surface area contributed by atoms with Crippen molar-refractivity contribution in [2.75, 3.05) is 0 Å². The minimum absolute atomic E-state index is 0.0549. The fourth-order valence-corrected chi connectivity index (χ4v) is 2.68. The molecule has 1 aromatic rings. The lowest BCUT2D eigenvalue weighted by Gasteiger charge is -2.13. The quantitative estimate of drug-likeness (QED) is 0.657. The van der Waals surface area contributed by atoms with Crippen molar-refractivity contribution in [3.8, 4) is 0 Å². The highest BCUT2D eigenvalue weighted by Gasteiger charge is 2.39. The van der Waals surface area contributed by atoms with Crippen LogP contribution in [0.1, 0.15) is 35.4 Å². The number of alkyl halides is 1. The van der Waals surface area contributed by atoms with Crippen LogP contribution in [0.4, 0.5) is 4.39 Å². The Labute approximate surface area is 95.4 Å². The summed E-state index contributed by atoms with van der Waals surface area (Å²) < 4.78 is 13.3. The first kappa shape index (κ1) is 10.9. The van der Waals surface area contributed by atoms with Crippen molar-refractivity contribution in [1.29, 1.82) is 0 Å². The summed E-state index contributed by atoms with van der Waals surface area (Å²) in [6, 6.07) is 3.49. The highest BCUT2D eigenvalue weighted by molar-refractivity contribution is 6.21. The molecule has 1 aliphatic carbocycles. The zero-order valence-electron chi connectivity index (χ0n) is 9.35. The van der Waals surface area contributed by atoms with Crippen LogP contribution in [0.2, 0.25) is 0 Å². The second-order valence-electron chi connectivity index (χ2n) is 4.74. The molecular weight excluding hydrogens is 211 g/mol. The summed E-state index contributed by atoms with van der Waals surface area (Å²) in [4.78, 5) is 0. The van der Waals surface area contributed by atoms with E-state index in [4.69, 9.17) is 11.6 Å². The molecule has 0 bridgehead atoms. The third kappa shape index (κ3) is 2.03. The summed E-state index contributed by atoms with van der Waals surface area (Å²) >= 11 is 6.41. The van der Waals surface area contributed by atoms with Crippen LogP contribution in [-0.4, -0.2) is 0 Å². The first-order valence-electron chi connectivity index (χ1n) is 5.41. The predicted molar refractivity (Wildman–Crippen MR) is 61.7 cm³/mol. The van der Waals surface area contributed by atoms with E-state index < -0.39 is 0 Å². The Morgan fingerprint density at radius 1 is 1.33 bits per heavy atom. The summed E-state index contributed by atoms with van der Waals surface area (Å²) in [7, 11) is 0. The van der Waals surface area contributed by atoms with Gasteiger partial charge >= 0.3 is 0 Å². The first-order chi connectivity index (χ1) is 7.00. The second-order valence-corrected chi connectivity index (χ2v) is 5.21. The van der Waals surface area contributed by atoms with Gasteiger partial charge in [0.05, 0.1) is 5.38 Å². The average molecular weight is 227 g/mol. The standard InChI is InChI=1S/C13H16ClF/c1-7-4-10(7)13(14)11-5-9(3)12(15)6-8(11)2/h5-7,10,13H,4H2,1-3H3. The molecule has 1 fully saturated rings. The second kappa shape index (κ2) is 3.79. The van der Waals surface area contributed by atoms with Crippen LogP contribution in [0.15, 0.2) is 12.1 Å². The zero-order chi connectivity index (χ0) is 11.2. The SMILES string of the molecule is Cc1cc(C(Cl)C2CC2C)c(C)cc1F. The summed E-state index contributed by atoms with van der Waals surface area (Å²) in [6.07, 6.45) is 1.20. The van der Waals surface area contributed by atoms with E-state index in [0.717, 1.165) is 17.0 Å². The van der Waals surface area contributed by atoms with Gasteiger partial charge in [0, 0.05) is 0 Å². The van der Waals surface area contributed by atoms with E-state index in [-0.39, 0.29) is 11.2 Å². The van der Waals surface area contributed by atoms with Gasteiger partial charge in [-0.3, -0.25) is 0 Å². The van der Waals surface area contributed by atoms with Gasteiger partial charge in [0.2, 0.25) is 0 Å². The molecule has 3 atom stereocenters. The van der Waals surface area contributed by atoms with Crippen molar-refractivity contribution in [3.63, 3.8) is 0 Å². The van der Waals surface area contributed by atoms with Crippen LogP contribution in [0.5, 0.6) is 0 Å². The van der Waals surface area contributed by atoms with E-state index in [0.29, 0.717) is 11.5 Å². The van der Waals surface area contributed by atoms with Crippen molar-refractivity contribution in [2.24, 2.45) is 11.8 Å². The molecule has 0 N–H and O–H groups in total. The van der Waals surface area contributed by atoms with Gasteiger partial charge in [-0.05, 0) is 54.9 Å². The molecular formula is C13H16ClF. The molecule has 82 valence electrons. The van der Waals surface area contributed by atoms with Crippen LogP contribution in [0.25, 0.3) is 0 Å². The van der Waals surface area contributed by atoms with Gasteiger partial charge in [-0.1, -0.05) is 13.0 Å².